The van der Waals surface area contributed by atoms with Gasteiger partial charge in [-0.05, 0) is 13.8 Å². The number of H-pyrrole nitrogens is 1. The van der Waals surface area contributed by atoms with E-state index in [1.54, 1.807) is 6.33 Å². The first-order chi connectivity index (χ1) is 7.26. The third-order valence-corrected chi connectivity index (χ3v) is 2.35. The topological polar surface area (TPSA) is 83.7 Å². The van der Waals surface area contributed by atoms with Crippen LogP contribution in [0.25, 0.3) is 11.2 Å². The van der Waals surface area contributed by atoms with Crippen LogP contribution in [-0.2, 0) is 0 Å². The summed E-state index contributed by atoms with van der Waals surface area (Å²) in [6, 6.07) is 0. The molecule has 15 heavy (non-hydrogen) atoms. The number of nitrogens with zero attached hydrogens (tertiary/aromatic N) is 4. The minimum Gasteiger partial charge on any atom is -0.382 e. The molecular weight excluding hydrogens is 192 g/mol. The Morgan fingerprint density at radius 2 is 2.07 bits per heavy atom. The number of fused-ring (bicyclic) bond motifs is 1. The average Bonchev–Trinajstić information content (AvgIpc) is 2.68. The summed E-state index contributed by atoms with van der Waals surface area (Å²) in [5.41, 5.74) is 7.11. The Balaban J connectivity index is 2.52. The highest BCUT2D eigenvalue weighted by molar-refractivity contribution is 5.82. The van der Waals surface area contributed by atoms with E-state index in [0.717, 1.165) is 13.1 Å². The molecule has 2 aromatic rings. The van der Waals surface area contributed by atoms with E-state index in [4.69, 9.17) is 5.73 Å². The van der Waals surface area contributed by atoms with E-state index < -0.39 is 0 Å². The van der Waals surface area contributed by atoms with Gasteiger partial charge in [0.25, 0.3) is 0 Å². The van der Waals surface area contributed by atoms with E-state index in [1.165, 1.54) is 0 Å². The SMILES string of the molecule is CCN(CC)c1nc(N)c2[nH]cnc2n1. The Kier molecular flexibility index (Phi) is 2.40. The summed E-state index contributed by atoms with van der Waals surface area (Å²) in [6.07, 6.45) is 1.57. The smallest absolute Gasteiger partial charge is 0.229 e. The summed E-state index contributed by atoms with van der Waals surface area (Å²) in [5.74, 6) is 1.08. The second-order valence-electron chi connectivity index (χ2n) is 3.18. The van der Waals surface area contributed by atoms with Crippen molar-refractivity contribution in [3.8, 4) is 0 Å². The molecule has 2 rings (SSSR count). The molecule has 0 saturated carbocycles. The number of nitrogens with one attached hydrogen (secondary N) is 1. The van der Waals surface area contributed by atoms with E-state index in [9.17, 15) is 0 Å². The van der Waals surface area contributed by atoms with Crippen LogP contribution in [0.1, 0.15) is 13.8 Å². The third-order valence-electron chi connectivity index (χ3n) is 2.35. The van der Waals surface area contributed by atoms with E-state index in [1.807, 2.05) is 4.90 Å². The number of anilines is 2. The van der Waals surface area contributed by atoms with Crippen molar-refractivity contribution < 1.29 is 0 Å². The van der Waals surface area contributed by atoms with E-state index in [0.29, 0.717) is 22.9 Å². The summed E-state index contributed by atoms with van der Waals surface area (Å²) >= 11 is 0. The Hall–Kier alpha value is -1.85. The summed E-state index contributed by atoms with van der Waals surface area (Å²) in [7, 11) is 0. The van der Waals surface area contributed by atoms with Crippen LogP contribution in [0.2, 0.25) is 0 Å². The number of hydrogen-bond donors (Lipinski definition) is 2. The van der Waals surface area contributed by atoms with Gasteiger partial charge in [0.05, 0.1) is 6.33 Å². The number of rotatable bonds is 3. The van der Waals surface area contributed by atoms with Crippen molar-refractivity contribution in [3.63, 3.8) is 0 Å². The Morgan fingerprint density at radius 3 is 2.73 bits per heavy atom. The molecule has 0 aliphatic carbocycles. The second-order valence-corrected chi connectivity index (χ2v) is 3.18. The highest BCUT2D eigenvalue weighted by atomic mass is 15.3. The molecule has 2 aromatic heterocycles. The predicted octanol–water partition coefficient (Wildman–Crippen LogP) is 0.781. The van der Waals surface area contributed by atoms with Gasteiger partial charge in [-0.15, -0.1) is 0 Å². The molecule has 3 N–H and O–H groups in total. The van der Waals surface area contributed by atoms with Gasteiger partial charge in [-0.1, -0.05) is 0 Å². The van der Waals surface area contributed by atoms with Gasteiger partial charge in [-0.25, -0.2) is 4.98 Å². The van der Waals surface area contributed by atoms with E-state index >= 15 is 0 Å². The Bertz CT molecular complexity index is 459. The average molecular weight is 206 g/mol. The van der Waals surface area contributed by atoms with Gasteiger partial charge < -0.3 is 15.6 Å². The fourth-order valence-corrected chi connectivity index (χ4v) is 1.49. The molecule has 0 aliphatic heterocycles. The predicted molar refractivity (Wildman–Crippen MR) is 59.7 cm³/mol. The molecule has 0 amide bonds. The first-order valence-corrected chi connectivity index (χ1v) is 4.97. The van der Waals surface area contributed by atoms with E-state index in [-0.39, 0.29) is 0 Å². The van der Waals surface area contributed by atoms with Crippen LogP contribution in [-0.4, -0.2) is 33.0 Å². The van der Waals surface area contributed by atoms with Crippen LogP contribution in [0.5, 0.6) is 0 Å². The lowest BCUT2D eigenvalue weighted by Gasteiger charge is -2.18. The quantitative estimate of drug-likeness (QED) is 0.775. The highest BCUT2D eigenvalue weighted by Gasteiger charge is 2.10. The maximum Gasteiger partial charge on any atom is 0.229 e. The third kappa shape index (κ3) is 1.58. The lowest BCUT2D eigenvalue weighted by Crippen LogP contribution is -2.24. The molecule has 0 saturated heterocycles. The molecule has 6 nitrogen and oxygen atoms in total. The van der Waals surface area contributed by atoms with Gasteiger partial charge in [0.15, 0.2) is 11.5 Å². The van der Waals surface area contributed by atoms with Crippen molar-refractivity contribution in [2.75, 3.05) is 23.7 Å². The Labute approximate surface area is 87.5 Å². The van der Waals surface area contributed by atoms with Crippen LogP contribution in [0, 0.1) is 0 Å². The highest BCUT2D eigenvalue weighted by Crippen LogP contribution is 2.17. The maximum atomic E-state index is 5.80. The molecule has 6 heteroatoms. The fourth-order valence-electron chi connectivity index (χ4n) is 1.49. The minimum absolute atomic E-state index is 0.444. The molecular formula is C9H14N6. The molecule has 0 atom stereocenters. The van der Waals surface area contributed by atoms with Gasteiger partial charge >= 0.3 is 0 Å². The van der Waals surface area contributed by atoms with E-state index in [2.05, 4.69) is 33.8 Å². The molecule has 0 fully saturated rings. The normalized spacial score (nSPS) is 10.8. The first kappa shape index (κ1) is 9.70. The Morgan fingerprint density at radius 1 is 1.33 bits per heavy atom. The molecule has 0 unspecified atom stereocenters. The zero-order chi connectivity index (χ0) is 10.8. The molecule has 0 bridgehead atoms. The number of aromatic nitrogens is 4. The zero-order valence-electron chi connectivity index (χ0n) is 8.86. The van der Waals surface area contributed by atoms with Crippen molar-refractivity contribution in [2.45, 2.75) is 13.8 Å². The summed E-state index contributed by atoms with van der Waals surface area (Å²) in [5, 5.41) is 0. The number of aromatic amines is 1. The number of nitrogens with two attached hydrogens (primary N) is 1. The largest absolute Gasteiger partial charge is 0.382 e. The van der Waals surface area contributed by atoms with Crippen LogP contribution < -0.4 is 10.6 Å². The summed E-state index contributed by atoms with van der Waals surface area (Å²) < 4.78 is 0. The fraction of sp³-hybridized carbons (Fsp3) is 0.444. The van der Waals surface area contributed by atoms with Gasteiger partial charge in [-0.3, -0.25) is 0 Å². The van der Waals surface area contributed by atoms with Gasteiger partial charge in [-0.2, -0.15) is 9.97 Å². The maximum absolute atomic E-state index is 5.80. The van der Waals surface area contributed by atoms with Crippen molar-refractivity contribution in [3.05, 3.63) is 6.33 Å². The number of nitrogen functional groups attached to an aromatic ring is 1. The van der Waals surface area contributed by atoms with Gasteiger partial charge in [0.2, 0.25) is 5.95 Å². The number of hydrogen-bond acceptors (Lipinski definition) is 5. The monoisotopic (exact) mass is 206 g/mol. The van der Waals surface area contributed by atoms with Crippen LogP contribution in [0.4, 0.5) is 11.8 Å². The standard InChI is InChI=1S/C9H14N6/c1-3-15(4-2)9-13-7(10)6-8(14-9)12-5-11-6/h5H,3-4H2,1-2H3,(H3,10,11,12,13,14). The minimum atomic E-state index is 0.444. The number of imidazole rings is 1. The summed E-state index contributed by atoms with van der Waals surface area (Å²) in [6.45, 7) is 5.81. The van der Waals surface area contributed by atoms with Crippen LogP contribution >= 0.6 is 0 Å². The molecule has 0 spiro atoms. The molecule has 80 valence electrons. The molecule has 0 aliphatic rings. The van der Waals surface area contributed by atoms with Crippen molar-refractivity contribution >= 4 is 22.9 Å². The van der Waals surface area contributed by atoms with Gasteiger partial charge in [0.1, 0.15) is 5.52 Å². The van der Waals surface area contributed by atoms with Gasteiger partial charge in [0, 0.05) is 13.1 Å². The van der Waals surface area contributed by atoms with Crippen LogP contribution in [0.3, 0.4) is 0 Å². The second kappa shape index (κ2) is 3.72. The first-order valence-electron chi connectivity index (χ1n) is 4.97. The van der Waals surface area contributed by atoms with Crippen LogP contribution in [0.15, 0.2) is 6.33 Å². The molecule has 2 heterocycles. The van der Waals surface area contributed by atoms with Crippen molar-refractivity contribution in [2.24, 2.45) is 0 Å². The molecule has 0 aromatic carbocycles. The lowest BCUT2D eigenvalue weighted by molar-refractivity contribution is 0.826. The molecule has 0 radical (unpaired) electrons. The van der Waals surface area contributed by atoms with Crippen molar-refractivity contribution in [1.82, 2.24) is 19.9 Å². The zero-order valence-corrected chi connectivity index (χ0v) is 8.86. The van der Waals surface area contributed by atoms with Crippen molar-refractivity contribution in [1.29, 1.82) is 0 Å². The lowest BCUT2D eigenvalue weighted by atomic mass is 10.5. The summed E-state index contributed by atoms with van der Waals surface area (Å²) in [4.78, 5) is 17.6.